The van der Waals surface area contributed by atoms with Crippen molar-refractivity contribution in [2.24, 2.45) is 0 Å². The van der Waals surface area contributed by atoms with Crippen molar-refractivity contribution in [2.45, 2.75) is 12.5 Å². The second-order valence-electron chi connectivity index (χ2n) is 4.30. The van der Waals surface area contributed by atoms with Gasteiger partial charge in [-0.1, -0.05) is 58.4 Å². The average Bonchev–Trinajstić information content (AvgIpc) is 2.46. The molecular weight excluding hydrogens is 300 g/mol. The Balaban J connectivity index is 1.90. The van der Waals surface area contributed by atoms with E-state index in [0.29, 0.717) is 0 Å². The third-order valence-electron chi connectivity index (χ3n) is 2.94. The topological polar surface area (TPSA) is 35.8 Å². The fraction of sp³-hybridized carbons (Fsp3) is 0.188. The van der Waals surface area contributed by atoms with Gasteiger partial charge in [0, 0.05) is 11.0 Å². The van der Waals surface area contributed by atoms with Crippen LogP contribution in [-0.2, 0) is 6.42 Å². The van der Waals surface area contributed by atoms with Crippen molar-refractivity contribution in [3.63, 3.8) is 0 Å². The van der Waals surface area contributed by atoms with E-state index in [2.05, 4.69) is 39.4 Å². The van der Waals surface area contributed by atoms with E-state index in [1.54, 1.807) is 0 Å². The van der Waals surface area contributed by atoms with Gasteiger partial charge in [-0.3, -0.25) is 5.32 Å². The number of hydrogen-bond donors (Lipinski definition) is 1. The van der Waals surface area contributed by atoms with Gasteiger partial charge in [-0.15, -0.1) is 0 Å². The molecule has 2 rings (SSSR count). The van der Waals surface area contributed by atoms with Crippen LogP contribution >= 0.6 is 15.9 Å². The quantitative estimate of drug-likeness (QED) is 0.910. The van der Waals surface area contributed by atoms with Gasteiger partial charge in [-0.05, 0) is 29.7 Å². The van der Waals surface area contributed by atoms with Gasteiger partial charge in [-0.2, -0.15) is 5.26 Å². The minimum absolute atomic E-state index is 0.253. The van der Waals surface area contributed by atoms with Gasteiger partial charge in [0.15, 0.2) is 0 Å². The van der Waals surface area contributed by atoms with Crippen LogP contribution in [0.4, 0.5) is 0 Å². The lowest BCUT2D eigenvalue weighted by molar-refractivity contribution is 0.629. The molecule has 1 N–H and O–H groups in total. The van der Waals surface area contributed by atoms with Crippen LogP contribution in [0.1, 0.15) is 17.2 Å². The van der Waals surface area contributed by atoms with E-state index >= 15 is 0 Å². The molecular formula is C16H15BrN2. The van der Waals surface area contributed by atoms with Crippen LogP contribution in [0, 0.1) is 11.3 Å². The first-order valence-corrected chi connectivity index (χ1v) is 7.01. The third kappa shape index (κ3) is 4.20. The van der Waals surface area contributed by atoms with E-state index in [0.717, 1.165) is 23.0 Å². The lowest BCUT2D eigenvalue weighted by atomic mass is 10.1. The Morgan fingerprint density at radius 3 is 2.37 bits per heavy atom. The van der Waals surface area contributed by atoms with Crippen molar-refractivity contribution >= 4 is 15.9 Å². The average molecular weight is 315 g/mol. The molecule has 0 amide bonds. The lowest BCUT2D eigenvalue weighted by Crippen LogP contribution is -2.22. The molecule has 0 aliphatic rings. The Kier molecular flexibility index (Phi) is 5.14. The Bertz CT molecular complexity index is 543. The summed E-state index contributed by atoms with van der Waals surface area (Å²) in [5.74, 6) is 0. The fourth-order valence-electron chi connectivity index (χ4n) is 1.90. The number of nitrogens with zero attached hydrogens (tertiary/aromatic N) is 1. The van der Waals surface area contributed by atoms with Crippen molar-refractivity contribution in [1.29, 1.82) is 5.26 Å². The van der Waals surface area contributed by atoms with E-state index < -0.39 is 0 Å². The molecule has 19 heavy (non-hydrogen) atoms. The highest BCUT2D eigenvalue weighted by Crippen LogP contribution is 2.16. The first kappa shape index (κ1) is 13.8. The maximum Gasteiger partial charge on any atom is 0.121 e. The number of nitriles is 1. The Labute approximate surface area is 122 Å². The molecule has 0 aromatic heterocycles. The van der Waals surface area contributed by atoms with Gasteiger partial charge in [-0.25, -0.2) is 0 Å². The molecule has 1 atom stereocenters. The van der Waals surface area contributed by atoms with Crippen LogP contribution < -0.4 is 5.32 Å². The molecule has 0 aliphatic heterocycles. The van der Waals surface area contributed by atoms with Crippen molar-refractivity contribution in [1.82, 2.24) is 5.32 Å². The highest BCUT2D eigenvalue weighted by molar-refractivity contribution is 9.10. The summed E-state index contributed by atoms with van der Waals surface area (Å²) in [6, 6.07) is 20.2. The summed E-state index contributed by atoms with van der Waals surface area (Å²) in [4.78, 5) is 0. The van der Waals surface area contributed by atoms with Gasteiger partial charge in [0.2, 0.25) is 0 Å². The zero-order valence-electron chi connectivity index (χ0n) is 10.5. The maximum atomic E-state index is 9.22. The summed E-state index contributed by atoms with van der Waals surface area (Å²) in [6.45, 7) is 0.790. The summed E-state index contributed by atoms with van der Waals surface area (Å²) in [7, 11) is 0. The van der Waals surface area contributed by atoms with E-state index in [1.807, 2.05) is 42.5 Å². The standard InChI is InChI=1S/C16H15BrN2/c17-15-8-6-14(7-9-15)16(12-18)19-11-10-13-4-2-1-3-5-13/h1-9,16,19H,10-11H2. The molecule has 0 spiro atoms. The zero-order valence-corrected chi connectivity index (χ0v) is 12.1. The van der Waals surface area contributed by atoms with Gasteiger partial charge >= 0.3 is 0 Å². The normalized spacial score (nSPS) is 11.8. The van der Waals surface area contributed by atoms with E-state index in [4.69, 9.17) is 0 Å². The smallest absolute Gasteiger partial charge is 0.121 e. The summed E-state index contributed by atoms with van der Waals surface area (Å²) in [5.41, 5.74) is 2.28. The number of nitrogens with one attached hydrogen (secondary N) is 1. The molecule has 0 aliphatic carbocycles. The molecule has 96 valence electrons. The van der Waals surface area contributed by atoms with Crippen LogP contribution in [0.2, 0.25) is 0 Å². The van der Waals surface area contributed by atoms with Gasteiger partial charge < -0.3 is 0 Å². The second-order valence-corrected chi connectivity index (χ2v) is 5.22. The maximum absolute atomic E-state index is 9.22. The van der Waals surface area contributed by atoms with Crippen LogP contribution in [0.15, 0.2) is 59.1 Å². The molecule has 0 bridgehead atoms. The first-order chi connectivity index (χ1) is 9.29. The molecule has 0 fully saturated rings. The minimum Gasteiger partial charge on any atom is -0.298 e. The molecule has 3 heteroatoms. The monoisotopic (exact) mass is 314 g/mol. The van der Waals surface area contributed by atoms with Crippen molar-refractivity contribution in [3.8, 4) is 6.07 Å². The Hall–Kier alpha value is -1.63. The lowest BCUT2D eigenvalue weighted by Gasteiger charge is -2.12. The highest BCUT2D eigenvalue weighted by atomic mass is 79.9. The molecule has 0 saturated heterocycles. The first-order valence-electron chi connectivity index (χ1n) is 6.22. The minimum atomic E-state index is -0.253. The summed E-state index contributed by atoms with van der Waals surface area (Å²) >= 11 is 3.40. The molecule has 0 saturated carbocycles. The number of hydrogen-bond acceptors (Lipinski definition) is 2. The predicted octanol–water partition coefficient (Wildman–Crippen LogP) is 3.85. The van der Waals surface area contributed by atoms with Crippen LogP contribution in [0.5, 0.6) is 0 Å². The van der Waals surface area contributed by atoms with Crippen LogP contribution in [0.25, 0.3) is 0 Å². The highest BCUT2D eigenvalue weighted by Gasteiger charge is 2.08. The molecule has 2 aromatic rings. The number of benzene rings is 2. The number of halogens is 1. The molecule has 2 aromatic carbocycles. The van der Waals surface area contributed by atoms with E-state index in [9.17, 15) is 5.26 Å². The largest absolute Gasteiger partial charge is 0.298 e. The third-order valence-corrected chi connectivity index (χ3v) is 3.47. The van der Waals surface area contributed by atoms with Gasteiger partial charge in [0.05, 0.1) is 6.07 Å². The summed E-state index contributed by atoms with van der Waals surface area (Å²) < 4.78 is 1.03. The van der Waals surface area contributed by atoms with Crippen molar-refractivity contribution in [3.05, 3.63) is 70.2 Å². The SMILES string of the molecule is N#CC(NCCc1ccccc1)c1ccc(Br)cc1. The Morgan fingerprint density at radius 1 is 1.05 bits per heavy atom. The molecule has 0 heterocycles. The van der Waals surface area contributed by atoms with Gasteiger partial charge in [0.25, 0.3) is 0 Å². The van der Waals surface area contributed by atoms with Crippen molar-refractivity contribution in [2.75, 3.05) is 6.54 Å². The fourth-order valence-corrected chi connectivity index (χ4v) is 2.16. The number of rotatable bonds is 5. The molecule has 1 unspecified atom stereocenters. The van der Waals surface area contributed by atoms with E-state index in [1.165, 1.54) is 5.56 Å². The Morgan fingerprint density at radius 2 is 1.74 bits per heavy atom. The van der Waals surface area contributed by atoms with Crippen molar-refractivity contribution < 1.29 is 0 Å². The summed E-state index contributed by atoms with van der Waals surface area (Å²) in [5, 5.41) is 12.5. The zero-order chi connectivity index (χ0) is 13.5. The van der Waals surface area contributed by atoms with Crippen LogP contribution in [0.3, 0.4) is 0 Å². The summed E-state index contributed by atoms with van der Waals surface area (Å²) in [6.07, 6.45) is 0.926. The predicted molar refractivity (Wildman–Crippen MR) is 80.6 cm³/mol. The molecule has 2 nitrogen and oxygen atoms in total. The molecule has 0 radical (unpaired) electrons. The van der Waals surface area contributed by atoms with E-state index in [-0.39, 0.29) is 6.04 Å². The van der Waals surface area contributed by atoms with Crippen LogP contribution in [-0.4, -0.2) is 6.54 Å². The second kappa shape index (κ2) is 7.08. The van der Waals surface area contributed by atoms with Gasteiger partial charge in [0.1, 0.15) is 6.04 Å².